The molecule has 2 fully saturated rings. The lowest BCUT2D eigenvalue weighted by Gasteiger charge is -2.46. The number of carbonyl (C=O) groups excluding carboxylic acids is 3. The molecule has 2 N–H and O–H groups in total. The summed E-state index contributed by atoms with van der Waals surface area (Å²) in [6.45, 7) is 3.64. The molecule has 1 aromatic rings. The summed E-state index contributed by atoms with van der Waals surface area (Å²) >= 11 is 0. The van der Waals surface area contributed by atoms with Crippen molar-refractivity contribution in [1.29, 1.82) is 0 Å². The van der Waals surface area contributed by atoms with Crippen LogP contribution in [0.25, 0.3) is 0 Å². The molecule has 0 radical (unpaired) electrons. The summed E-state index contributed by atoms with van der Waals surface area (Å²) in [6, 6.07) is 8.76. The lowest BCUT2D eigenvalue weighted by atomic mass is 9.93. The molecule has 2 unspecified atom stereocenters. The summed E-state index contributed by atoms with van der Waals surface area (Å²) in [5.41, 5.74) is 1.07. The molecule has 146 valence electrons. The minimum absolute atomic E-state index is 0.00318. The fourth-order valence-corrected chi connectivity index (χ4v) is 3.77. The van der Waals surface area contributed by atoms with Gasteiger partial charge in [-0.2, -0.15) is 0 Å². The van der Waals surface area contributed by atoms with Crippen LogP contribution < -0.4 is 10.6 Å². The molecule has 2 saturated heterocycles. The van der Waals surface area contributed by atoms with Gasteiger partial charge in [0.25, 0.3) is 0 Å². The Balaban J connectivity index is 1.73. The number of carbonyl (C=O) groups is 3. The van der Waals surface area contributed by atoms with Crippen LogP contribution in [0.1, 0.15) is 31.7 Å². The number of rotatable bonds is 7. The number of amides is 4. The first-order chi connectivity index (χ1) is 13.1. The van der Waals surface area contributed by atoms with Crippen LogP contribution in [0.3, 0.4) is 0 Å². The van der Waals surface area contributed by atoms with Gasteiger partial charge in [-0.1, -0.05) is 37.3 Å². The summed E-state index contributed by atoms with van der Waals surface area (Å²) in [5, 5.41) is 6.07. The standard InChI is InChI=1S/C20H28N4O3/c1-2-11-21-17(25)14-24-16-9-6-12-22-18(16)19(26)23(20(24)27)13-10-15-7-4-3-5-8-15/h3-5,7-8,16,18,22H,2,6,9-14H2,1H3,(H,21,25). The van der Waals surface area contributed by atoms with Gasteiger partial charge in [-0.05, 0) is 37.8 Å². The molecule has 0 saturated carbocycles. The van der Waals surface area contributed by atoms with Crippen LogP contribution in [-0.4, -0.2) is 65.9 Å². The highest BCUT2D eigenvalue weighted by molar-refractivity contribution is 6.01. The maximum Gasteiger partial charge on any atom is 0.327 e. The Morgan fingerprint density at radius 2 is 2.04 bits per heavy atom. The second kappa shape index (κ2) is 8.99. The minimum Gasteiger partial charge on any atom is -0.355 e. The van der Waals surface area contributed by atoms with Crippen molar-refractivity contribution in [3.8, 4) is 0 Å². The van der Waals surface area contributed by atoms with E-state index in [1.165, 1.54) is 4.90 Å². The molecule has 2 heterocycles. The number of nitrogens with zero attached hydrogens (tertiary/aromatic N) is 2. The van der Waals surface area contributed by atoms with Crippen LogP contribution in [0, 0.1) is 0 Å². The normalized spacial score (nSPS) is 22.6. The highest BCUT2D eigenvalue weighted by Crippen LogP contribution is 2.24. The molecule has 2 aliphatic heterocycles. The monoisotopic (exact) mass is 372 g/mol. The molecule has 27 heavy (non-hydrogen) atoms. The van der Waals surface area contributed by atoms with E-state index in [0.29, 0.717) is 19.5 Å². The molecular formula is C20H28N4O3. The van der Waals surface area contributed by atoms with Gasteiger partial charge in [0.05, 0.1) is 6.04 Å². The fraction of sp³-hybridized carbons (Fsp3) is 0.550. The van der Waals surface area contributed by atoms with Gasteiger partial charge < -0.3 is 15.5 Å². The highest BCUT2D eigenvalue weighted by atomic mass is 16.2. The van der Waals surface area contributed by atoms with E-state index in [-0.39, 0.29) is 30.4 Å². The first kappa shape index (κ1) is 19.4. The average Bonchev–Trinajstić information content (AvgIpc) is 2.70. The van der Waals surface area contributed by atoms with Gasteiger partial charge >= 0.3 is 6.03 Å². The average molecular weight is 372 g/mol. The molecule has 4 amide bonds. The predicted octanol–water partition coefficient (Wildman–Crippen LogP) is 1.14. The zero-order valence-electron chi connectivity index (χ0n) is 15.8. The van der Waals surface area contributed by atoms with Crippen LogP contribution in [0.15, 0.2) is 30.3 Å². The van der Waals surface area contributed by atoms with Gasteiger partial charge in [-0.3, -0.25) is 14.5 Å². The molecule has 7 nitrogen and oxygen atoms in total. The van der Waals surface area contributed by atoms with E-state index in [1.807, 2.05) is 37.3 Å². The van der Waals surface area contributed by atoms with Crippen LogP contribution in [-0.2, 0) is 16.0 Å². The third kappa shape index (κ3) is 4.47. The maximum absolute atomic E-state index is 13.0. The first-order valence-corrected chi connectivity index (χ1v) is 9.77. The van der Waals surface area contributed by atoms with Gasteiger partial charge in [-0.25, -0.2) is 4.79 Å². The van der Waals surface area contributed by atoms with E-state index >= 15 is 0 Å². The number of imide groups is 1. The van der Waals surface area contributed by atoms with Gasteiger partial charge in [0.1, 0.15) is 12.6 Å². The number of nitrogens with one attached hydrogen (secondary N) is 2. The second-order valence-electron chi connectivity index (χ2n) is 7.13. The van der Waals surface area contributed by atoms with Crippen molar-refractivity contribution in [1.82, 2.24) is 20.4 Å². The lowest BCUT2D eigenvalue weighted by Crippen LogP contribution is -2.70. The molecule has 0 aliphatic carbocycles. The van der Waals surface area contributed by atoms with E-state index in [1.54, 1.807) is 4.90 Å². The van der Waals surface area contributed by atoms with Gasteiger partial charge in [0.2, 0.25) is 11.8 Å². The molecule has 0 spiro atoms. The molecule has 0 aromatic heterocycles. The fourth-order valence-electron chi connectivity index (χ4n) is 3.77. The molecule has 3 rings (SSSR count). The zero-order chi connectivity index (χ0) is 19.2. The van der Waals surface area contributed by atoms with Crippen molar-refractivity contribution in [3.63, 3.8) is 0 Å². The van der Waals surface area contributed by atoms with Crippen LogP contribution in [0.4, 0.5) is 4.79 Å². The van der Waals surface area contributed by atoms with Crippen LogP contribution >= 0.6 is 0 Å². The van der Waals surface area contributed by atoms with Crippen molar-refractivity contribution in [2.24, 2.45) is 0 Å². The van der Waals surface area contributed by atoms with E-state index in [4.69, 9.17) is 0 Å². The SMILES string of the molecule is CCCNC(=O)CN1C(=O)N(CCc2ccccc2)C(=O)C2NCCCC21. The molecular weight excluding hydrogens is 344 g/mol. The minimum atomic E-state index is -0.425. The van der Waals surface area contributed by atoms with E-state index in [2.05, 4.69) is 10.6 Å². The quantitative estimate of drug-likeness (QED) is 0.752. The Hall–Kier alpha value is -2.41. The van der Waals surface area contributed by atoms with Crippen LogP contribution in [0.2, 0.25) is 0 Å². The van der Waals surface area contributed by atoms with Crippen molar-refractivity contribution in [2.75, 3.05) is 26.2 Å². The molecule has 7 heteroatoms. The largest absolute Gasteiger partial charge is 0.355 e. The van der Waals surface area contributed by atoms with E-state index in [9.17, 15) is 14.4 Å². The van der Waals surface area contributed by atoms with E-state index in [0.717, 1.165) is 31.4 Å². The van der Waals surface area contributed by atoms with Crippen molar-refractivity contribution in [2.45, 2.75) is 44.7 Å². The number of benzene rings is 1. The number of hydrogen-bond donors (Lipinski definition) is 2. The third-order valence-electron chi connectivity index (χ3n) is 5.19. The maximum atomic E-state index is 13.0. The number of urea groups is 1. The Bertz CT molecular complexity index is 679. The van der Waals surface area contributed by atoms with Crippen molar-refractivity contribution in [3.05, 3.63) is 35.9 Å². The molecule has 0 bridgehead atoms. The summed E-state index contributed by atoms with van der Waals surface area (Å²) in [6.07, 6.45) is 3.07. The molecule has 2 aliphatic rings. The lowest BCUT2D eigenvalue weighted by molar-refractivity contribution is -0.138. The Labute approximate surface area is 160 Å². The highest BCUT2D eigenvalue weighted by Gasteiger charge is 2.47. The summed E-state index contributed by atoms with van der Waals surface area (Å²) < 4.78 is 0. The number of hydrogen-bond acceptors (Lipinski definition) is 4. The van der Waals surface area contributed by atoms with Crippen molar-refractivity contribution >= 4 is 17.8 Å². The Morgan fingerprint density at radius 1 is 1.26 bits per heavy atom. The topological polar surface area (TPSA) is 81.8 Å². The van der Waals surface area contributed by atoms with E-state index < -0.39 is 6.04 Å². The first-order valence-electron chi connectivity index (χ1n) is 9.77. The Kier molecular flexibility index (Phi) is 6.45. The smallest absolute Gasteiger partial charge is 0.327 e. The van der Waals surface area contributed by atoms with Gasteiger partial charge in [0.15, 0.2) is 0 Å². The van der Waals surface area contributed by atoms with Gasteiger partial charge in [-0.15, -0.1) is 0 Å². The molecule has 1 aromatic carbocycles. The predicted molar refractivity (Wildman–Crippen MR) is 102 cm³/mol. The summed E-state index contributed by atoms with van der Waals surface area (Å²) in [5.74, 6) is -0.349. The number of piperidine rings is 1. The third-order valence-corrected chi connectivity index (χ3v) is 5.19. The summed E-state index contributed by atoms with van der Waals surface area (Å²) in [4.78, 5) is 41.1. The Morgan fingerprint density at radius 3 is 2.78 bits per heavy atom. The number of fused-ring (bicyclic) bond motifs is 1. The molecule has 2 atom stereocenters. The van der Waals surface area contributed by atoms with Crippen LogP contribution in [0.5, 0.6) is 0 Å². The summed E-state index contributed by atoms with van der Waals surface area (Å²) in [7, 11) is 0. The van der Waals surface area contributed by atoms with Gasteiger partial charge in [0, 0.05) is 13.1 Å². The van der Waals surface area contributed by atoms with Crippen molar-refractivity contribution < 1.29 is 14.4 Å². The second-order valence-corrected chi connectivity index (χ2v) is 7.13. The zero-order valence-corrected chi connectivity index (χ0v) is 15.8.